The smallest absolute Gasteiger partial charge is 0.317 e. The van der Waals surface area contributed by atoms with Gasteiger partial charge in [-0.15, -0.1) is 0 Å². The third-order valence-corrected chi connectivity index (χ3v) is 6.04. The molecule has 0 bridgehead atoms. The SMILES string of the molecule is CCn1ccc(C(=O)N2CCC[C@@H](N(C)C(=O)NCc3cc4cc(Cl)ccc4[nH]3)C2)n1. The zero-order valence-corrected chi connectivity index (χ0v) is 18.5. The molecule has 0 saturated carbocycles. The number of benzene rings is 1. The van der Waals surface area contributed by atoms with Crippen LogP contribution in [0.25, 0.3) is 10.9 Å². The number of H-pyrrole nitrogens is 1. The second-order valence-electron chi connectivity index (χ2n) is 7.90. The van der Waals surface area contributed by atoms with Crippen molar-refractivity contribution in [3.05, 3.63) is 52.9 Å². The lowest BCUT2D eigenvalue weighted by atomic mass is 10.0. The van der Waals surface area contributed by atoms with Gasteiger partial charge >= 0.3 is 6.03 Å². The number of piperidine rings is 1. The van der Waals surface area contributed by atoms with Crippen LogP contribution < -0.4 is 5.32 Å². The van der Waals surface area contributed by atoms with E-state index in [1.54, 1.807) is 27.6 Å². The van der Waals surface area contributed by atoms with Gasteiger partial charge in [0.15, 0.2) is 0 Å². The number of aromatic amines is 1. The average Bonchev–Trinajstić information content (AvgIpc) is 3.43. The minimum absolute atomic E-state index is 0.0347. The molecule has 1 atom stereocenters. The van der Waals surface area contributed by atoms with Crippen molar-refractivity contribution in [2.45, 2.75) is 38.9 Å². The summed E-state index contributed by atoms with van der Waals surface area (Å²) in [5.41, 5.74) is 2.34. The Labute approximate surface area is 186 Å². The number of hydrogen-bond acceptors (Lipinski definition) is 3. The maximum Gasteiger partial charge on any atom is 0.317 e. The van der Waals surface area contributed by atoms with Gasteiger partial charge in [0.05, 0.1) is 12.6 Å². The molecule has 0 aliphatic carbocycles. The maximum absolute atomic E-state index is 12.8. The number of urea groups is 1. The second kappa shape index (κ2) is 9.01. The molecule has 2 N–H and O–H groups in total. The van der Waals surface area contributed by atoms with Gasteiger partial charge in [0.25, 0.3) is 5.91 Å². The number of halogens is 1. The summed E-state index contributed by atoms with van der Waals surface area (Å²) in [5, 5.41) is 8.97. The highest BCUT2D eigenvalue weighted by atomic mass is 35.5. The van der Waals surface area contributed by atoms with Crippen molar-refractivity contribution in [1.29, 1.82) is 0 Å². The van der Waals surface area contributed by atoms with E-state index in [0.717, 1.165) is 36.0 Å². The molecule has 1 aromatic carbocycles. The van der Waals surface area contributed by atoms with E-state index in [9.17, 15) is 9.59 Å². The Morgan fingerprint density at radius 2 is 2.16 bits per heavy atom. The normalized spacial score (nSPS) is 16.5. The Morgan fingerprint density at radius 1 is 1.32 bits per heavy atom. The Balaban J connectivity index is 1.34. The molecule has 0 radical (unpaired) electrons. The van der Waals surface area contributed by atoms with Crippen molar-refractivity contribution in [3.63, 3.8) is 0 Å². The summed E-state index contributed by atoms with van der Waals surface area (Å²) in [4.78, 5) is 32.3. The number of carbonyl (C=O) groups is 2. The van der Waals surface area contributed by atoms with Crippen molar-refractivity contribution in [1.82, 2.24) is 29.9 Å². The Hall–Kier alpha value is -3.00. The highest BCUT2D eigenvalue weighted by molar-refractivity contribution is 6.31. The number of nitrogens with zero attached hydrogens (tertiary/aromatic N) is 4. The van der Waals surface area contributed by atoms with E-state index < -0.39 is 0 Å². The number of aromatic nitrogens is 3. The number of amides is 3. The van der Waals surface area contributed by atoms with Crippen molar-refractivity contribution in [2.75, 3.05) is 20.1 Å². The number of likely N-dealkylation sites (tertiary alicyclic amines) is 1. The van der Waals surface area contributed by atoms with Crippen LogP contribution in [0.3, 0.4) is 0 Å². The van der Waals surface area contributed by atoms with E-state index in [1.807, 2.05) is 37.4 Å². The van der Waals surface area contributed by atoms with Crippen LogP contribution in [-0.2, 0) is 13.1 Å². The third-order valence-electron chi connectivity index (χ3n) is 5.80. The van der Waals surface area contributed by atoms with Crippen LogP contribution in [0.2, 0.25) is 5.02 Å². The fraction of sp³-hybridized carbons (Fsp3) is 0.409. The second-order valence-corrected chi connectivity index (χ2v) is 8.34. The van der Waals surface area contributed by atoms with Gasteiger partial charge in [0.1, 0.15) is 5.69 Å². The van der Waals surface area contributed by atoms with Crippen LogP contribution in [0.1, 0.15) is 35.9 Å². The van der Waals surface area contributed by atoms with Gasteiger partial charge in [0.2, 0.25) is 0 Å². The van der Waals surface area contributed by atoms with Gasteiger partial charge in [-0.2, -0.15) is 5.10 Å². The summed E-state index contributed by atoms with van der Waals surface area (Å²) in [7, 11) is 1.78. The van der Waals surface area contributed by atoms with Crippen molar-refractivity contribution in [3.8, 4) is 0 Å². The molecular formula is C22H27ClN6O2. The topological polar surface area (TPSA) is 86.3 Å². The zero-order chi connectivity index (χ0) is 22.0. The van der Waals surface area contributed by atoms with Crippen LogP contribution in [0, 0.1) is 0 Å². The molecule has 1 fully saturated rings. The van der Waals surface area contributed by atoms with Gasteiger partial charge in [-0.25, -0.2) is 4.79 Å². The standard InChI is InChI=1S/C22H27ClN6O2/c1-3-29-10-8-20(26-29)21(30)28-9-4-5-18(14-28)27(2)22(31)24-13-17-12-15-11-16(23)6-7-19(15)25-17/h6-8,10-12,18,25H,3-5,9,13-14H2,1-2H3,(H,24,31)/t18-/m1/s1. The molecule has 1 saturated heterocycles. The molecule has 3 heterocycles. The first-order valence-corrected chi connectivity index (χ1v) is 10.9. The van der Waals surface area contributed by atoms with Crippen LogP contribution in [-0.4, -0.2) is 62.7 Å². The summed E-state index contributed by atoms with van der Waals surface area (Å²) >= 11 is 6.04. The van der Waals surface area contributed by atoms with E-state index in [0.29, 0.717) is 30.4 Å². The van der Waals surface area contributed by atoms with Gasteiger partial charge in [0, 0.05) is 54.5 Å². The van der Waals surface area contributed by atoms with Crippen LogP contribution >= 0.6 is 11.6 Å². The number of nitrogens with one attached hydrogen (secondary N) is 2. The van der Waals surface area contributed by atoms with Crippen molar-refractivity contribution >= 4 is 34.4 Å². The Morgan fingerprint density at radius 3 is 2.94 bits per heavy atom. The van der Waals surface area contributed by atoms with E-state index in [-0.39, 0.29) is 18.0 Å². The van der Waals surface area contributed by atoms with Gasteiger partial charge in [-0.05, 0) is 50.1 Å². The number of likely N-dealkylation sites (N-methyl/N-ethyl adjacent to an activating group) is 1. The van der Waals surface area contributed by atoms with Crippen LogP contribution in [0.5, 0.6) is 0 Å². The highest BCUT2D eigenvalue weighted by Crippen LogP contribution is 2.20. The summed E-state index contributed by atoms with van der Waals surface area (Å²) < 4.78 is 1.74. The molecule has 0 unspecified atom stereocenters. The first-order valence-electron chi connectivity index (χ1n) is 10.5. The molecule has 3 aromatic rings. The number of carbonyl (C=O) groups excluding carboxylic acids is 2. The fourth-order valence-electron chi connectivity index (χ4n) is 3.99. The van der Waals surface area contributed by atoms with Gasteiger partial charge < -0.3 is 20.1 Å². The molecule has 1 aliphatic heterocycles. The average molecular weight is 443 g/mol. The predicted molar refractivity (Wildman–Crippen MR) is 120 cm³/mol. The molecular weight excluding hydrogens is 416 g/mol. The zero-order valence-electron chi connectivity index (χ0n) is 17.8. The minimum Gasteiger partial charge on any atom is -0.357 e. The molecule has 8 nitrogen and oxygen atoms in total. The number of fused-ring (bicyclic) bond motifs is 1. The summed E-state index contributed by atoms with van der Waals surface area (Å²) in [6.07, 6.45) is 3.53. The lowest BCUT2D eigenvalue weighted by Gasteiger charge is -2.37. The maximum atomic E-state index is 12.8. The van der Waals surface area contributed by atoms with Crippen LogP contribution in [0.15, 0.2) is 36.5 Å². The molecule has 4 rings (SSSR count). The molecule has 3 amide bonds. The minimum atomic E-state index is -0.161. The number of rotatable bonds is 5. The largest absolute Gasteiger partial charge is 0.357 e. The molecule has 0 spiro atoms. The van der Waals surface area contributed by atoms with Gasteiger partial charge in [-0.3, -0.25) is 9.48 Å². The van der Waals surface area contributed by atoms with E-state index in [2.05, 4.69) is 15.4 Å². The Kier molecular flexibility index (Phi) is 6.18. The van der Waals surface area contributed by atoms with Crippen LogP contribution in [0.4, 0.5) is 4.79 Å². The third kappa shape index (κ3) is 4.69. The quantitative estimate of drug-likeness (QED) is 0.634. The Bertz CT molecular complexity index is 1090. The molecule has 9 heteroatoms. The highest BCUT2D eigenvalue weighted by Gasteiger charge is 2.29. The summed E-state index contributed by atoms with van der Waals surface area (Å²) in [5.74, 6) is -0.0811. The van der Waals surface area contributed by atoms with E-state index >= 15 is 0 Å². The lowest BCUT2D eigenvalue weighted by molar-refractivity contribution is 0.0629. The lowest BCUT2D eigenvalue weighted by Crippen LogP contribution is -2.52. The summed E-state index contributed by atoms with van der Waals surface area (Å²) in [6.45, 7) is 4.28. The molecule has 164 valence electrons. The number of aryl methyl sites for hydroxylation is 1. The van der Waals surface area contributed by atoms with Crippen molar-refractivity contribution in [2.24, 2.45) is 0 Å². The molecule has 2 aromatic heterocycles. The fourth-order valence-corrected chi connectivity index (χ4v) is 4.17. The summed E-state index contributed by atoms with van der Waals surface area (Å²) in [6, 6.07) is 9.18. The molecule has 31 heavy (non-hydrogen) atoms. The first kappa shape index (κ1) is 21.2. The first-order chi connectivity index (χ1) is 14.9. The predicted octanol–water partition coefficient (Wildman–Crippen LogP) is 3.48. The van der Waals surface area contributed by atoms with E-state index in [4.69, 9.17) is 11.6 Å². The van der Waals surface area contributed by atoms with E-state index in [1.165, 1.54) is 0 Å². The van der Waals surface area contributed by atoms with Gasteiger partial charge in [-0.1, -0.05) is 11.6 Å². The number of hydrogen-bond donors (Lipinski definition) is 2. The van der Waals surface area contributed by atoms with Crippen molar-refractivity contribution < 1.29 is 9.59 Å². The molecule has 1 aliphatic rings. The monoisotopic (exact) mass is 442 g/mol.